The molecule has 0 aliphatic carbocycles. The summed E-state index contributed by atoms with van der Waals surface area (Å²) in [5.41, 5.74) is 1.20. The third-order valence-electron chi connectivity index (χ3n) is 2.88. The molecule has 0 aliphatic heterocycles. The summed E-state index contributed by atoms with van der Waals surface area (Å²) >= 11 is 0. The highest BCUT2D eigenvalue weighted by atomic mass is 16.5. The number of aromatic carboxylic acids is 1. The lowest BCUT2D eigenvalue weighted by molar-refractivity contribution is 0.0685. The maximum absolute atomic E-state index is 10.7. The van der Waals surface area contributed by atoms with Gasteiger partial charge in [0.1, 0.15) is 12.4 Å². The average molecular weight is 275 g/mol. The number of carboxylic acid groups (broad SMARTS) is 1. The zero-order valence-corrected chi connectivity index (χ0v) is 11.7. The molecule has 0 radical (unpaired) electrons. The van der Waals surface area contributed by atoms with Crippen molar-refractivity contribution in [3.05, 3.63) is 47.3 Å². The molecule has 1 N–H and O–H groups in total. The van der Waals surface area contributed by atoms with E-state index in [1.54, 1.807) is 0 Å². The van der Waals surface area contributed by atoms with E-state index in [1.807, 2.05) is 24.3 Å². The molecule has 0 aliphatic rings. The van der Waals surface area contributed by atoms with Gasteiger partial charge in [-0.1, -0.05) is 38.1 Å². The summed E-state index contributed by atoms with van der Waals surface area (Å²) < 4.78 is 10.4. The summed E-state index contributed by atoms with van der Waals surface area (Å²) in [4.78, 5) is 10.7. The second-order valence-corrected chi connectivity index (χ2v) is 5.55. The quantitative estimate of drug-likeness (QED) is 0.927. The summed E-state index contributed by atoms with van der Waals surface area (Å²) in [5.74, 6) is -0.0388. The van der Waals surface area contributed by atoms with Gasteiger partial charge in [0, 0.05) is 6.07 Å². The van der Waals surface area contributed by atoms with Crippen LogP contribution >= 0.6 is 0 Å². The third-order valence-corrected chi connectivity index (χ3v) is 2.88. The molecule has 2 aromatic rings. The van der Waals surface area contributed by atoms with E-state index in [4.69, 9.17) is 14.4 Å². The molecule has 0 spiro atoms. The van der Waals surface area contributed by atoms with Crippen LogP contribution in [0.2, 0.25) is 0 Å². The molecular weight excluding hydrogens is 258 g/mol. The summed E-state index contributed by atoms with van der Waals surface area (Å²) in [5, 5.41) is 12.1. The monoisotopic (exact) mass is 275 g/mol. The minimum absolute atomic E-state index is 0.0971. The number of rotatable bonds is 4. The molecule has 0 bridgehead atoms. The molecule has 0 saturated carbocycles. The SMILES string of the molecule is CC(C)(C)c1ccc(OCc2cc(C(=O)O)no2)cc1. The maximum atomic E-state index is 10.7. The van der Waals surface area contributed by atoms with Gasteiger partial charge in [-0.3, -0.25) is 0 Å². The van der Waals surface area contributed by atoms with Gasteiger partial charge in [-0.15, -0.1) is 0 Å². The smallest absolute Gasteiger partial charge is 0.358 e. The Morgan fingerprint density at radius 1 is 1.30 bits per heavy atom. The molecule has 0 saturated heterocycles. The van der Waals surface area contributed by atoms with E-state index in [0.717, 1.165) is 0 Å². The molecule has 0 amide bonds. The lowest BCUT2D eigenvalue weighted by Crippen LogP contribution is -2.10. The van der Waals surface area contributed by atoms with Crippen LogP contribution in [-0.2, 0) is 12.0 Å². The first-order valence-corrected chi connectivity index (χ1v) is 6.28. The Morgan fingerprint density at radius 2 is 1.95 bits per heavy atom. The first kappa shape index (κ1) is 14.1. The summed E-state index contributed by atoms with van der Waals surface area (Å²) in [6, 6.07) is 9.15. The topological polar surface area (TPSA) is 72.6 Å². The fraction of sp³-hybridized carbons (Fsp3) is 0.333. The van der Waals surface area contributed by atoms with Crippen molar-refractivity contribution >= 4 is 5.97 Å². The Kier molecular flexibility index (Phi) is 3.79. The van der Waals surface area contributed by atoms with E-state index in [-0.39, 0.29) is 17.7 Å². The first-order valence-electron chi connectivity index (χ1n) is 6.28. The molecule has 0 unspecified atom stereocenters. The number of hydrogen-bond donors (Lipinski definition) is 1. The highest BCUT2D eigenvalue weighted by molar-refractivity contribution is 5.85. The Morgan fingerprint density at radius 3 is 2.45 bits per heavy atom. The first-order chi connectivity index (χ1) is 9.36. The fourth-order valence-corrected chi connectivity index (χ4v) is 1.69. The predicted octanol–water partition coefficient (Wildman–Crippen LogP) is 3.25. The van der Waals surface area contributed by atoms with Gasteiger partial charge >= 0.3 is 5.97 Å². The molecule has 106 valence electrons. The predicted molar refractivity (Wildman–Crippen MR) is 72.9 cm³/mol. The van der Waals surface area contributed by atoms with Crippen molar-refractivity contribution in [1.29, 1.82) is 0 Å². The van der Waals surface area contributed by atoms with E-state index < -0.39 is 5.97 Å². The van der Waals surface area contributed by atoms with Crippen LogP contribution < -0.4 is 4.74 Å². The van der Waals surface area contributed by atoms with Crippen molar-refractivity contribution in [3.8, 4) is 5.75 Å². The molecule has 0 fully saturated rings. The minimum Gasteiger partial charge on any atom is -0.486 e. The lowest BCUT2D eigenvalue weighted by Gasteiger charge is -2.19. The molecule has 5 heteroatoms. The van der Waals surface area contributed by atoms with Crippen molar-refractivity contribution in [3.63, 3.8) is 0 Å². The van der Waals surface area contributed by atoms with Gasteiger partial charge in [-0.2, -0.15) is 0 Å². The number of hydrogen-bond acceptors (Lipinski definition) is 4. The molecule has 20 heavy (non-hydrogen) atoms. The lowest BCUT2D eigenvalue weighted by atomic mass is 9.87. The third kappa shape index (κ3) is 3.38. The molecule has 5 nitrogen and oxygen atoms in total. The van der Waals surface area contributed by atoms with Gasteiger partial charge < -0.3 is 14.4 Å². The maximum Gasteiger partial charge on any atom is 0.358 e. The molecular formula is C15H17NO4. The summed E-state index contributed by atoms with van der Waals surface area (Å²) in [6.45, 7) is 6.58. The average Bonchev–Trinajstić information content (AvgIpc) is 2.85. The van der Waals surface area contributed by atoms with E-state index in [1.165, 1.54) is 11.6 Å². The van der Waals surface area contributed by atoms with Crippen LogP contribution in [0.1, 0.15) is 42.6 Å². The van der Waals surface area contributed by atoms with Crippen LogP contribution in [-0.4, -0.2) is 16.2 Å². The Labute approximate surface area is 117 Å². The molecule has 1 aromatic carbocycles. The molecule has 0 atom stereocenters. The minimum atomic E-state index is -1.12. The van der Waals surface area contributed by atoms with Gasteiger partial charge in [0.05, 0.1) is 0 Å². The summed E-state index contributed by atoms with van der Waals surface area (Å²) in [6.07, 6.45) is 0. The summed E-state index contributed by atoms with van der Waals surface area (Å²) in [7, 11) is 0. The zero-order valence-electron chi connectivity index (χ0n) is 11.7. The van der Waals surface area contributed by atoms with Crippen LogP contribution in [0.15, 0.2) is 34.9 Å². The molecule has 1 aromatic heterocycles. The Bertz CT molecular complexity index is 593. The standard InChI is InChI=1S/C15H17NO4/c1-15(2,3)10-4-6-11(7-5-10)19-9-12-8-13(14(17)18)16-20-12/h4-8H,9H2,1-3H3,(H,17,18). The van der Waals surface area contributed by atoms with Crippen molar-refractivity contribution in [2.24, 2.45) is 0 Å². The van der Waals surface area contributed by atoms with Crippen LogP contribution in [0.5, 0.6) is 5.75 Å². The largest absolute Gasteiger partial charge is 0.486 e. The van der Waals surface area contributed by atoms with Crippen molar-refractivity contribution in [2.75, 3.05) is 0 Å². The van der Waals surface area contributed by atoms with E-state index in [2.05, 4.69) is 25.9 Å². The fourth-order valence-electron chi connectivity index (χ4n) is 1.69. The number of carbonyl (C=O) groups is 1. The number of carboxylic acids is 1. The van der Waals surface area contributed by atoms with Crippen molar-refractivity contribution < 1.29 is 19.2 Å². The van der Waals surface area contributed by atoms with Crippen molar-refractivity contribution in [1.82, 2.24) is 5.16 Å². The van der Waals surface area contributed by atoms with E-state index in [9.17, 15) is 4.79 Å². The number of nitrogens with zero attached hydrogens (tertiary/aromatic N) is 1. The number of ether oxygens (including phenoxy) is 1. The van der Waals surface area contributed by atoms with Crippen LogP contribution in [0.3, 0.4) is 0 Å². The van der Waals surface area contributed by atoms with Crippen LogP contribution in [0.4, 0.5) is 0 Å². The highest BCUT2D eigenvalue weighted by Crippen LogP contribution is 2.24. The van der Waals surface area contributed by atoms with Gasteiger partial charge in [0.15, 0.2) is 11.5 Å². The number of aromatic nitrogens is 1. The second-order valence-electron chi connectivity index (χ2n) is 5.55. The highest BCUT2D eigenvalue weighted by Gasteiger charge is 2.14. The van der Waals surface area contributed by atoms with E-state index in [0.29, 0.717) is 11.5 Å². The van der Waals surface area contributed by atoms with Crippen LogP contribution in [0, 0.1) is 0 Å². The normalized spacial score (nSPS) is 11.3. The van der Waals surface area contributed by atoms with Gasteiger partial charge in [0.25, 0.3) is 0 Å². The van der Waals surface area contributed by atoms with E-state index >= 15 is 0 Å². The van der Waals surface area contributed by atoms with Crippen molar-refractivity contribution in [2.45, 2.75) is 32.8 Å². The Hall–Kier alpha value is -2.30. The van der Waals surface area contributed by atoms with Gasteiger partial charge in [0.2, 0.25) is 0 Å². The number of benzene rings is 1. The molecule has 1 heterocycles. The zero-order chi connectivity index (χ0) is 14.8. The molecule has 2 rings (SSSR count). The second kappa shape index (κ2) is 5.36. The van der Waals surface area contributed by atoms with Crippen LogP contribution in [0.25, 0.3) is 0 Å². The van der Waals surface area contributed by atoms with Gasteiger partial charge in [-0.25, -0.2) is 4.79 Å². The Balaban J connectivity index is 1.98. The van der Waals surface area contributed by atoms with Gasteiger partial charge in [-0.05, 0) is 23.1 Å².